The first-order valence-electron chi connectivity index (χ1n) is 13.1. The number of hydrogen-bond acceptors (Lipinski definition) is 6. The quantitative estimate of drug-likeness (QED) is 0.446. The fourth-order valence-corrected chi connectivity index (χ4v) is 5.77. The molecule has 3 aromatic rings. The summed E-state index contributed by atoms with van der Waals surface area (Å²) in [6.45, 7) is 2.40. The van der Waals surface area contributed by atoms with Crippen molar-refractivity contribution in [3.63, 3.8) is 0 Å². The summed E-state index contributed by atoms with van der Waals surface area (Å²) in [5.74, 6) is -0.344. The molecule has 1 aliphatic heterocycles. The fourth-order valence-electron chi connectivity index (χ4n) is 5.08. The molecule has 0 spiro atoms. The first-order valence-corrected chi connectivity index (χ1v) is 14.0. The molecule has 2 fully saturated rings. The van der Waals surface area contributed by atoms with Crippen LogP contribution in [-0.4, -0.2) is 60.9 Å². The van der Waals surface area contributed by atoms with Crippen molar-refractivity contribution in [1.82, 2.24) is 10.2 Å². The topological polar surface area (TPSA) is 108 Å². The molecular weight excluding hydrogens is 498 g/mol. The number of anilines is 2. The van der Waals surface area contributed by atoms with Crippen LogP contribution in [0.2, 0.25) is 0 Å². The molecule has 0 atom stereocenters. The van der Waals surface area contributed by atoms with Crippen molar-refractivity contribution in [2.45, 2.75) is 37.8 Å². The summed E-state index contributed by atoms with van der Waals surface area (Å²) in [7, 11) is 0. The Morgan fingerprint density at radius 1 is 0.816 bits per heavy atom. The monoisotopic (exact) mass is 531 g/mol. The lowest BCUT2D eigenvalue weighted by atomic mass is 9.91. The third-order valence-electron chi connectivity index (χ3n) is 7.29. The molecule has 0 radical (unpaired) electrons. The molecule has 38 heavy (non-hydrogen) atoms. The first-order chi connectivity index (χ1) is 18.5. The van der Waals surface area contributed by atoms with Crippen LogP contribution in [0.25, 0.3) is 0 Å². The molecule has 2 aromatic carbocycles. The molecule has 198 valence electrons. The molecule has 1 aliphatic carbocycles. The van der Waals surface area contributed by atoms with Crippen LogP contribution in [0.4, 0.5) is 11.4 Å². The van der Waals surface area contributed by atoms with Crippen LogP contribution in [0, 0.1) is 0 Å². The second-order valence-electron chi connectivity index (χ2n) is 9.89. The van der Waals surface area contributed by atoms with Crippen molar-refractivity contribution in [1.29, 1.82) is 0 Å². The Morgan fingerprint density at radius 2 is 1.55 bits per heavy atom. The van der Waals surface area contributed by atoms with Crippen molar-refractivity contribution >= 4 is 40.4 Å². The van der Waals surface area contributed by atoms with E-state index in [0.29, 0.717) is 43.0 Å². The minimum absolute atomic E-state index is 0.0490. The molecule has 3 amide bonds. The van der Waals surface area contributed by atoms with Gasteiger partial charge in [0.05, 0.1) is 16.3 Å². The van der Waals surface area contributed by atoms with E-state index in [0.717, 1.165) is 36.2 Å². The Kier molecular flexibility index (Phi) is 8.05. The third-order valence-corrected chi connectivity index (χ3v) is 8.15. The molecule has 1 aromatic heterocycles. The summed E-state index contributed by atoms with van der Waals surface area (Å²) in [6.07, 6.45) is 3.56. The summed E-state index contributed by atoms with van der Waals surface area (Å²) >= 11 is 1.45. The zero-order valence-corrected chi connectivity index (χ0v) is 22.1. The minimum Gasteiger partial charge on any atom is -0.366 e. The van der Waals surface area contributed by atoms with Gasteiger partial charge in [-0.25, -0.2) is 0 Å². The predicted octanol–water partition coefficient (Wildman–Crippen LogP) is 3.96. The molecule has 9 heteroatoms. The number of thiophene rings is 1. The molecule has 0 unspecified atom stereocenters. The summed E-state index contributed by atoms with van der Waals surface area (Å²) in [5.41, 5.74) is 8.46. The number of nitrogens with one attached hydrogen (secondary N) is 2. The van der Waals surface area contributed by atoms with Gasteiger partial charge in [-0.3, -0.25) is 14.4 Å². The lowest BCUT2D eigenvalue weighted by Gasteiger charge is -2.37. The van der Waals surface area contributed by atoms with Crippen LogP contribution >= 0.6 is 11.3 Å². The standard InChI is InChI=1S/C29H33N5O3S/c30-22-9-11-23(12-10-22)31-28(36)21-8-13-25(24(19-21)32-27(35)20-5-2-1-3-6-20)33-14-16-34(17-15-33)29(37)26-7-4-18-38-26/h1-8,13,18-19,22-23H,9-12,14-17,30H2,(H,31,36)(H,32,35). The number of hydrogen-bond donors (Lipinski definition) is 3. The summed E-state index contributed by atoms with van der Waals surface area (Å²) in [4.78, 5) is 43.7. The maximum atomic E-state index is 13.1. The zero-order valence-electron chi connectivity index (χ0n) is 21.3. The van der Waals surface area contributed by atoms with E-state index in [1.165, 1.54) is 11.3 Å². The van der Waals surface area contributed by atoms with Crippen LogP contribution in [0.15, 0.2) is 66.0 Å². The highest BCUT2D eigenvalue weighted by Crippen LogP contribution is 2.30. The Labute approximate surface area is 226 Å². The summed E-state index contributed by atoms with van der Waals surface area (Å²) in [6, 6.07) is 18.5. The molecule has 8 nitrogen and oxygen atoms in total. The summed E-state index contributed by atoms with van der Waals surface area (Å²) < 4.78 is 0. The minimum atomic E-state index is -0.239. The predicted molar refractivity (Wildman–Crippen MR) is 151 cm³/mol. The van der Waals surface area contributed by atoms with Crippen LogP contribution in [0.1, 0.15) is 56.1 Å². The fraction of sp³-hybridized carbons (Fsp3) is 0.345. The maximum absolute atomic E-state index is 13.1. The molecule has 2 heterocycles. The van der Waals surface area contributed by atoms with Gasteiger partial charge in [0.15, 0.2) is 0 Å². The highest BCUT2D eigenvalue weighted by atomic mass is 32.1. The van der Waals surface area contributed by atoms with E-state index in [2.05, 4.69) is 15.5 Å². The van der Waals surface area contributed by atoms with E-state index in [9.17, 15) is 14.4 Å². The van der Waals surface area contributed by atoms with E-state index < -0.39 is 0 Å². The van der Waals surface area contributed by atoms with Crippen molar-refractivity contribution in [3.8, 4) is 0 Å². The van der Waals surface area contributed by atoms with Gasteiger partial charge in [-0.1, -0.05) is 24.3 Å². The number of benzene rings is 2. The van der Waals surface area contributed by atoms with E-state index in [-0.39, 0.29) is 29.8 Å². The Hall–Kier alpha value is -3.69. The van der Waals surface area contributed by atoms with Crippen molar-refractivity contribution in [3.05, 3.63) is 82.0 Å². The lowest BCUT2D eigenvalue weighted by Crippen LogP contribution is -2.48. The lowest BCUT2D eigenvalue weighted by molar-refractivity contribution is 0.0751. The van der Waals surface area contributed by atoms with Gasteiger partial charge in [0.2, 0.25) is 0 Å². The smallest absolute Gasteiger partial charge is 0.264 e. The SMILES string of the molecule is NC1CCC(NC(=O)c2ccc(N3CCN(C(=O)c4cccs4)CC3)c(NC(=O)c3ccccc3)c2)CC1. The van der Waals surface area contributed by atoms with Crippen molar-refractivity contribution in [2.24, 2.45) is 5.73 Å². The highest BCUT2D eigenvalue weighted by Gasteiger charge is 2.26. The normalized spacial score (nSPS) is 19.6. The number of rotatable bonds is 6. The van der Waals surface area contributed by atoms with Gasteiger partial charge in [-0.05, 0) is 67.5 Å². The Balaban J connectivity index is 1.33. The average Bonchev–Trinajstić information content (AvgIpc) is 3.50. The number of amides is 3. The van der Waals surface area contributed by atoms with Crippen LogP contribution in [0.5, 0.6) is 0 Å². The highest BCUT2D eigenvalue weighted by molar-refractivity contribution is 7.12. The largest absolute Gasteiger partial charge is 0.366 e. The first kappa shape index (κ1) is 25.9. The van der Waals surface area contributed by atoms with Gasteiger partial charge in [0, 0.05) is 49.4 Å². The molecule has 4 N–H and O–H groups in total. The van der Waals surface area contributed by atoms with Gasteiger partial charge >= 0.3 is 0 Å². The van der Waals surface area contributed by atoms with E-state index >= 15 is 0 Å². The Bertz CT molecular complexity index is 1260. The van der Waals surface area contributed by atoms with Gasteiger partial charge in [0.25, 0.3) is 17.7 Å². The second-order valence-corrected chi connectivity index (χ2v) is 10.8. The number of carbonyl (C=O) groups is 3. The van der Waals surface area contributed by atoms with E-state index in [1.807, 2.05) is 46.7 Å². The number of piperazine rings is 1. The van der Waals surface area contributed by atoms with Gasteiger partial charge in [0.1, 0.15) is 0 Å². The van der Waals surface area contributed by atoms with Gasteiger partial charge < -0.3 is 26.2 Å². The number of carbonyl (C=O) groups excluding carboxylic acids is 3. The molecule has 1 saturated carbocycles. The Morgan fingerprint density at radius 3 is 2.24 bits per heavy atom. The molecule has 2 aliphatic rings. The van der Waals surface area contributed by atoms with Crippen molar-refractivity contribution < 1.29 is 14.4 Å². The van der Waals surface area contributed by atoms with Crippen LogP contribution in [0.3, 0.4) is 0 Å². The average molecular weight is 532 g/mol. The van der Waals surface area contributed by atoms with Gasteiger partial charge in [-0.2, -0.15) is 0 Å². The number of nitrogens with two attached hydrogens (primary N) is 1. The van der Waals surface area contributed by atoms with E-state index in [4.69, 9.17) is 5.73 Å². The third kappa shape index (κ3) is 6.06. The number of nitrogens with zero attached hydrogens (tertiary/aromatic N) is 2. The van der Waals surface area contributed by atoms with Gasteiger partial charge in [-0.15, -0.1) is 11.3 Å². The molecule has 1 saturated heterocycles. The van der Waals surface area contributed by atoms with Crippen LogP contribution in [-0.2, 0) is 0 Å². The maximum Gasteiger partial charge on any atom is 0.264 e. The van der Waals surface area contributed by atoms with E-state index in [1.54, 1.807) is 24.3 Å². The zero-order chi connectivity index (χ0) is 26.5. The molecular formula is C29H33N5O3S. The van der Waals surface area contributed by atoms with Crippen molar-refractivity contribution in [2.75, 3.05) is 36.4 Å². The summed E-state index contributed by atoms with van der Waals surface area (Å²) in [5, 5.41) is 8.07. The second kappa shape index (κ2) is 11.8. The molecule has 5 rings (SSSR count). The van der Waals surface area contributed by atoms with Crippen LogP contribution < -0.4 is 21.3 Å². The molecule has 0 bridgehead atoms.